The summed E-state index contributed by atoms with van der Waals surface area (Å²) >= 11 is 1.65. The molecule has 84 valence electrons. The molecule has 0 N–H and O–H groups in total. The van der Waals surface area contributed by atoms with Crippen molar-refractivity contribution < 1.29 is 9.15 Å². The summed E-state index contributed by atoms with van der Waals surface area (Å²) in [7, 11) is 1.67. The van der Waals surface area contributed by atoms with E-state index in [1.807, 2.05) is 42.5 Å². The highest BCUT2D eigenvalue weighted by atomic mass is 32.1. The van der Waals surface area contributed by atoms with Crippen molar-refractivity contribution in [2.24, 2.45) is 0 Å². The summed E-state index contributed by atoms with van der Waals surface area (Å²) < 4.78 is 12.2. The minimum atomic E-state index is 0.843. The van der Waals surface area contributed by atoms with E-state index in [2.05, 4.69) is 6.07 Å². The molecular formula is C14H11O2S+. The Hall–Kier alpha value is -1.87. The first kappa shape index (κ1) is 10.3. The molecule has 0 bridgehead atoms. The summed E-state index contributed by atoms with van der Waals surface area (Å²) in [5, 5.41) is 0.908. The molecule has 17 heavy (non-hydrogen) atoms. The molecule has 1 heterocycles. The molecular weight excluding hydrogens is 232 g/mol. The van der Waals surface area contributed by atoms with Crippen LogP contribution in [-0.4, -0.2) is 7.11 Å². The highest BCUT2D eigenvalue weighted by Crippen LogP contribution is 2.34. The van der Waals surface area contributed by atoms with Crippen molar-refractivity contribution in [1.82, 2.24) is 0 Å². The molecule has 0 aliphatic rings. The van der Waals surface area contributed by atoms with Crippen LogP contribution >= 0.6 is 11.3 Å². The summed E-state index contributed by atoms with van der Waals surface area (Å²) in [4.78, 5) is 0. The van der Waals surface area contributed by atoms with Gasteiger partial charge in [0.15, 0.2) is 0 Å². The van der Waals surface area contributed by atoms with Gasteiger partial charge >= 0.3 is 10.7 Å². The van der Waals surface area contributed by atoms with Gasteiger partial charge in [-0.2, -0.15) is 4.42 Å². The lowest BCUT2D eigenvalue weighted by atomic mass is 10.2. The maximum atomic E-state index is 5.82. The van der Waals surface area contributed by atoms with Gasteiger partial charge in [-0.3, -0.25) is 0 Å². The zero-order chi connectivity index (χ0) is 11.7. The van der Waals surface area contributed by atoms with E-state index in [9.17, 15) is 0 Å². The van der Waals surface area contributed by atoms with Crippen LogP contribution in [0.3, 0.4) is 0 Å². The molecule has 0 unspecified atom stereocenters. The molecule has 3 aromatic rings. The quantitative estimate of drug-likeness (QED) is 0.620. The van der Waals surface area contributed by atoms with Gasteiger partial charge < -0.3 is 4.74 Å². The summed E-state index contributed by atoms with van der Waals surface area (Å²) in [5.41, 5.74) is 1.97. The maximum Gasteiger partial charge on any atom is 0.418 e. The monoisotopic (exact) mass is 243 g/mol. The Morgan fingerprint density at radius 3 is 2.76 bits per heavy atom. The highest BCUT2D eigenvalue weighted by Gasteiger charge is 2.19. The summed E-state index contributed by atoms with van der Waals surface area (Å²) in [6.07, 6.45) is 0. The number of hydrogen-bond acceptors (Lipinski definition) is 2. The van der Waals surface area contributed by atoms with Crippen molar-refractivity contribution in [3.8, 4) is 16.4 Å². The maximum absolute atomic E-state index is 5.82. The first-order valence-corrected chi connectivity index (χ1v) is 6.14. The fourth-order valence-electron chi connectivity index (χ4n) is 1.71. The molecule has 0 aliphatic carbocycles. The van der Waals surface area contributed by atoms with E-state index in [0.29, 0.717) is 0 Å². The third-order valence-corrected chi connectivity index (χ3v) is 3.62. The third kappa shape index (κ3) is 1.89. The van der Waals surface area contributed by atoms with Crippen LogP contribution < -0.4 is 4.74 Å². The molecule has 2 nitrogen and oxygen atoms in total. The highest BCUT2D eigenvalue weighted by molar-refractivity contribution is 7.21. The first-order valence-electron chi connectivity index (χ1n) is 5.33. The van der Waals surface area contributed by atoms with Crippen molar-refractivity contribution in [3.05, 3.63) is 48.5 Å². The number of benzene rings is 2. The summed E-state index contributed by atoms with van der Waals surface area (Å²) in [6, 6.07) is 15.9. The number of rotatable bonds is 2. The third-order valence-electron chi connectivity index (χ3n) is 2.56. The van der Waals surface area contributed by atoms with E-state index in [1.54, 1.807) is 18.4 Å². The molecule has 0 spiro atoms. The molecule has 0 fully saturated rings. The zero-order valence-electron chi connectivity index (χ0n) is 9.34. The van der Waals surface area contributed by atoms with E-state index in [-0.39, 0.29) is 0 Å². The molecule has 2 aromatic carbocycles. The normalized spacial score (nSPS) is 10.6. The molecule has 0 atom stereocenters. The lowest BCUT2D eigenvalue weighted by Crippen LogP contribution is -1.81. The van der Waals surface area contributed by atoms with Crippen LogP contribution in [0.1, 0.15) is 0 Å². The SMILES string of the molecule is COc1cccc(-c2[o+]c3ccccc3s2)c1. The predicted octanol–water partition coefficient (Wildman–Crippen LogP) is 4.45. The predicted molar refractivity (Wildman–Crippen MR) is 70.5 cm³/mol. The van der Waals surface area contributed by atoms with Gasteiger partial charge in [-0.05, 0) is 35.6 Å². The van der Waals surface area contributed by atoms with Crippen LogP contribution in [0.15, 0.2) is 52.9 Å². The molecule has 0 saturated heterocycles. The zero-order valence-corrected chi connectivity index (χ0v) is 10.2. The van der Waals surface area contributed by atoms with Crippen LogP contribution in [0.2, 0.25) is 0 Å². The average molecular weight is 243 g/mol. The minimum Gasteiger partial charge on any atom is -0.497 e. The van der Waals surface area contributed by atoms with Crippen LogP contribution in [0, 0.1) is 0 Å². The van der Waals surface area contributed by atoms with Crippen LogP contribution in [0.4, 0.5) is 0 Å². The number of ether oxygens (including phenoxy) is 1. The molecule has 3 rings (SSSR count). The van der Waals surface area contributed by atoms with Crippen molar-refractivity contribution in [2.75, 3.05) is 7.11 Å². The Morgan fingerprint density at radius 1 is 1.06 bits per heavy atom. The number of fused-ring (bicyclic) bond motifs is 1. The fourth-order valence-corrected chi connectivity index (χ4v) is 2.64. The Labute approximate surface area is 103 Å². The molecule has 0 saturated carbocycles. The second kappa shape index (κ2) is 4.18. The number of methoxy groups -OCH3 is 1. The topological polar surface area (TPSA) is 20.5 Å². The largest absolute Gasteiger partial charge is 0.497 e. The molecule has 1 aromatic heterocycles. The lowest BCUT2D eigenvalue weighted by molar-refractivity contribution is 0.415. The van der Waals surface area contributed by atoms with Crippen molar-refractivity contribution >= 4 is 21.6 Å². The van der Waals surface area contributed by atoms with Gasteiger partial charge in [0.25, 0.3) is 0 Å². The van der Waals surface area contributed by atoms with E-state index in [0.717, 1.165) is 26.7 Å². The Bertz CT molecular complexity index is 625. The van der Waals surface area contributed by atoms with Gasteiger partial charge in [-0.1, -0.05) is 18.2 Å². The first-order chi connectivity index (χ1) is 8.36. The van der Waals surface area contributed by atoms with Crippen LogP contribution in [-0.2, 0) is 0 Å². The molecule has 3 heteroatoms. The Kier molecular flexibility index (Phi) is 2.53. The van der Waals surface area contributed by atoms with Crippen LogP contribution in [0.25, 0.3) is 20.9 Å². The van der Waals surface area contributed by atoms with Crippen molar-refractivity contribution in [1.29, 1.82) is 0 Å². The van der Waals surface area contributed by atoms with Gasteiger partial charge in [0.05, 0.1) is 12.7 Å². The second-order valence-electron chi connectivity index (χ2n) is 3.67. The van der Waals surface area contributed by atoms with Gasteiger partial charge in [-0.25, -0.2) is 0 Å². The number of para-hydroxylation sites is 1. The average Bonchev–Trinajstić information content (AvgIpc) is 2.82. The lowest BCUT2D eigenvalue weighted by Gasteiger charge is -1.97. The van der Waals surface area contributed by atoms with Gasteiger partial charge in [0.1, 0.15) is 10.4 Å². The minimum absolute atomic E-state index is 0.843. The summed E-state index contributed by atoms with van der Waals surface area (Å²) in [6.45, 7) is 0. The molecule has 0 radical (unpaired) electrons. The smallest absolute Gasteiger partial charge is 0.418 e. The van der Waals surface area contributed by atoms with Gasteiger partial charge in [0.2, 0.25) is 0 Å². The molecule has 0 aliphatic heterocycles. The van der Waals surface area contributed by atoms with Gasteiger partial charge in [-0.15, -0.1) is 0 Å². The van der Waals surface area contributed by atoms with E-state index in [4.69, 9.17) is 9.15 Å². The van der Waals surface area contributed by atoms with Crippen LogP contribution in [0.5, 0.6) is 5.75 Å². The molecule has 0 amide bonds. The van der Waals surface area contributed by atoms with Crippen molar-refractivity contribution in [2.45, 2.75) is 0 Å². The number of hydrogen-bond donors (Lipinski definition) is 0. The second-order valence-corrected chi connectivity index (χ2v) is 4.69. The van der Waals surface area contributed by atoms with E-state index < -0.39 is 0 Å². The fraction of sp³-hybridized carbons (Fsp3) is 0.0714. The van der Waals surface area contributed by atoms with Crippen molar-refractivity contribution in [3.63, 3.8) is 0 Å². The summed E-state index contributed by atoms with van der Waals surface area (Å²) in [5.74, 6) is 0.843. The van der Waals surface area contributed by atoms with E-state index in [1.165, 1.54) is 0 Å². The van der Waals surface area contributed by atoms with Gasteiger partial charge in [0, 0.05) is 6.07 Å². The Morgan fingerprint density at radius 2 is 1.94 bits per heavy atom. The van der Waals surface area contributed by atoms with E-state index >= 15 is 0 Å². The standard InChI is InChI=1S/C14H11O2S/c1-15-11-6-4-5-10(9-11)14-16-12-7-2-3-8-13(12)17-14/h2-9H,1H3/q+1. The Balaban J connectivity index is 2.13.